The third kappa shape index (κ3) is 5.19. The van der Waals surface area contributed by atoms with Gasteiger partial charge in [-0.2, -0.15) is 13.2 Å². The van der Waals surface area contributed by atoms with Gasteiger partial charge in [-0.05, 0) is 77.8 Å². The lowest BCUT2D eigenvalue weighted by molar-refractivity contribution is -0.194. The summed E-state index contributed by atoms with van der Waals surface area (Å²) in [6, 6.07) is -0.486. The largest absolute Gasteiger partial charge is 0.471 e. The van der Waals surface area contributed by atoms with Gasteiger partial charge in [0.25, 0.3) is 0 Å². The maximum atomic E-state index is 12.9. The van der Waals surface area contributed by atoms with Crippen molar-refractivity contribution in [3.63, 3.8) is 0 Å². The molecule has 160 valence electrons. The zero-order chi connectivity index (χ0) is 20.7. The summed E-state index contributed by atoms with van der Waals surface area (Å²) in [5.41, 5.74) is -0.419. The van der Waals surface area contributed by atoms with E-state index in [4.69, 9.17) is 4.74 Å². The summed E-state index contributed by atoms with van der Waals surface area (Å²) < 4.78 is 44.1. The maximum absolute atomic E-state index is 12.9. The van der Waals surface area contributed by atoms with Crippen LogP contribution < -0.4 is 0 Å². The quantitative estimate of drug-likeness (QED) is 0.658. The Hall–Kier alpha value is -1.31. The van der Waals surface area contributed by atoms with E-state index in [0.29, 0.717) is 38.6 Å². The van der Waals surface area contributed by atoms with Gasteiger partial charge in [-0.1, -0.05) is 0 Å². The molecule has 0 radical (unpaired) electrons. The summed E-state index contributed by atoms with van der Waals surface area (Å²) in [5.74, 6) is -1.87. The van der Waals surface area contributed by atoms with E-state index < -0.39 is 17.7 Å². The minimum atomic E-state index is -4.78. The predicted octanol–water partition coefficient (Wildman–Crippen LogP) is 3.52. The standard InChI is InChI=1S/C20H31F3N2O3/c1-18(2,3)28-16(26)6-9-24-10-7-19(8-11-24)12-15(13-19)25(14-4-5-14)17(27)20(21,22)23/h14-15H,4-13H2,1-3H3. The van der Waals surface area contributed by atoms with E-state index in [0.717, 1.165) is 30.8 Å². The molecule has 0 aromatic carbocycles. The molecule has 3 aliphatic rings. The van der Waals surface area contributed by atoms with Crippen molar-refractivity contribution in [3.05, 3.63) is 0 Å². The number of carbonyl (C=O) groups excluding carboxylic acids is 2. The Morgan fingerprint density at radius 1 is 1.07 bits per heavy atom. The molecule has 0 aromatic heterocycles. The van der Waals surface area contributed by atoms with E-state index in [1.54, 1.807) is 0 Å². The highest BCUT2D eigenvalue weighted by molar-refractivity contribution is 5.83. The fraction of sp³-hybridized carbons (Fsp3) is 0.900. The SMILES string of the molecule is CC(C)(C)OC(=O)CCN1CCC2(CC1)CC(N(C(=O)C(F)(F)F)C1CC1)C2. The van der Waals surface area contributed by atoms with Crippen LogP contribution in [0, 0.1) is 5.41 Å². The van der Waals surface area contributed by atoms with Crippen molar-refractivity contribution in [2.45, 2.75) is 89.6 Å². The molecular weight excluding hydrogens is 373 g/mol. The zero-order valence-corrected chi connectivity index (χ0v) is 17.0. The molecule has 1 heterocycles. The average Bonchev–Trinajstić information content (AvgIpc) is 3.35. The molecule has 2 saturated carbocycles. The molecule has 0 N–H and O–H groups in total. The Balaban J connectivity index is 1.43. The smallest absolute Gasteiger partial charge is 0.460 e. The number of amides is 1. The van der Waals surface area contributed by atoms with E-state index in [9.17, 15) is 22.8 Å². The van der Waals surface area contributed by atoms with E-state index in [-0.39, 0.29) is 23.5 Å². The minimum Gasteiger partial charge on any atom is -0.460 e. The number of nitrogens with zero attached hydrogens (tertiary/aromatic N) is 2. The van der Waals surface area contributed by atoms with Crippen LogP contribution >= 0.6 is 0 Å². The van der Waals surface area contributed by atoms with Crippen molar-refractivity contribution in [1.29, 1.82) is 0 Å². The third-order valence-electron chi connectivity index (χ3n) is 6.12. The minimum absolute atomic E-state index is 0.0616. The lowest BCUT2D eigenvalue weighted by Crippen LogP contribution is -2.59. The number of likely N-dealkylation sites (tertiary alicyclic amines) is 1. The van der Waals surface area contributed by atoms with Gasteiger partial charge in [0.1, 0.15) is 5.60 Å². The number of rotatable bonds is 5. The summed E-state index contributed by atoms with van der Waals surface area (Å²) in [6.45, 7) is 7.86. The molecule has 0 unspecified atom stereocenters. The number of esters is 1. The molecule has 5 nitrogen and oxygen atoms in total. The number of hydrogen-bond acceptors (Lipinski definition) is 4. The van der Waals surface area contributed by atoms with Gasteiger partial charge in [-0.3, -0.25) is 9.59 Å². The second-order valence-corrected chi connectivity index (χ2v) is 9.68. The van der Waals surface area contributed by atoms with E-state index in [1.165, 1.54) is 0 Å². The van der Waals surface area contributed by atoms with E-state index in [2.05, 4.69) is 4.90 Å². The summed E-state index contributed by atoms with van der Waals surface area (Å²) >= 11 is 0. The highest BCUT2D eigenvalue weighted by Crippen LogP contribution is 2.53. The number of ether oxygens (including phenoxy) is 1. The van der Waals surface area contributed by atoms with Gasteiger partial charge in [0.05, 0.1) is 6.42 Å². The molecule has 1 spiro atoms. The van der Waals surface area contributed by atoms with Crippen molar-refractivity contribution in [3.8, 4) is 0 Å². The third-order valence-corrected chi connectivity index (χ3v) is 6.12. The fourth-order valence-electron chi connectivity index (χ4n) is 4.57. The molecule has 8 heteroatoms. The molecule has 3 fully saturated rings. The van der Waals surface area contributed by atoms with Crippen LogP contribution in [0.15, 0.2) is 0 Å². The Labute approximate surface area is 164 Å². The lowest BCUT2D eigenvalue weighted by atomic mass is 9.60. The summed E-state index contributed by atoms with van der Waals surface area (Å²) in [4.78, 5) is 27.0. The van der Waals surface area contributed by atoms with Crippen molar-refractivity contribution < 1.29 is 27.5 Å². The van der Waals surface area contributed by atoms with Crippen LogP contribution in [0.25, 0.3) is 0 Å². The molecular formula is C20H31F3N2O3. The molecule has 0 aromatic rings. The first kappa shape index (κ1) is 21.4. The Kier molecular flexibility index (Phi) is 5.73. The van der Waals surface area contributed by atoms with Gasteiger partial charge in [0.2, 0.25) is 0 Å². The van der Waals surface area contributed by atoms with Gasteiger partial charge in [0.15, 0.2) is 0 Å². The number of alkyl halides is 3. The second-order valence-electron chi connectivity index (χ2n) is 9.68. The second kappa shape index (κ2) is 7.50. The van der Waals surface area contributed by atoms with Crippen LogP contribution in [0.2, 0.25) is 0 Å². The van der Waals surface area contributed by atoms with Crippen molar-refractivity contribution in [2.75, 3.05) is 19.6 Å². The van der Waals surface area contributed by atoms with Crippen LogP contribution in [0.1, 0.15) is 65.7 Å². The summed E-state index contributed by atoms with van der Waals surface area (Å²) in [5, 5.41) is 0. The van der Waals surface area contributed by atoms with Gasteiger partial charge in [0, 0.05) is 18.6 Å². The van der Waals surface area contributed by atoms with Crippen LogP contribution in [0.3, 0.4) is 0 Å². The van der Waals surface area contributed by atoms with Gasteiger partial charge in [-0.25, -0.2) is 0 Å². The van der Waals surface area contributed by atoms with Crippen LogP contribution in [0.4, 0.5) is 13.2 Å². The fourth-order valence-corrected chi connectivity index (χ4v) is 4.57. The van der Waals surface area contributed by atoms with Crippen LogP contribution in [0.5, 0.6) is 0 Å². The van der Waals surface area contributed by atoms with Crippen molar-refractivity contribution in [1.82, 2.24) is 9.80 Å². The summed E-state index contributed by atoms with van der Waals surface area (Å²) in [7, 11) is 0. The average molecular weight is 404 g/mol. The number of piperidine rings is 1. The van der Waals surface area contributed by atoms with Gasteiger partial charge >= 0.3 is 18.1 Å². The number of hydrogen-bond donors (Lipinski definition) is 0. The van der Waals surface area contributed by atoms with Gasteiger partial charge < -0.3 is 14.5 Å². The van der Waals surface area contributed by atoms with E-state index in [1.807, 2.05) is 20.8 Å². The molecule has 0 atom stereocenters. The van der Waals surface area contributed by atoms with Crippen molar-refractivity contribution in [2.24, 2.45) is 5.41 Å². The maximum Gasteiger partial charge on any atom is 0.471 e. The van der Waals surface area contributed by atoms with Crippen LogP contribution in [-0.4, -0.2) is 65.2 Å². The highest BCUT2D eigenvalue weighted by Gasteiger charge is 2.55. The van der Waals surface area contributed by atoms with Crippen molar-refractivity contribution >= 4 is 11.9 Å². The molecule has 1 saturated heterocycles. The Morgan fingerprint density at radius 3 is 2.11 bits per heavy atom. The van der Waals surface area contributed by atoms with Crippen LogP contribution in [-0.2, 0) is 14.3 Å². The molecule has 1 aliphatic heterocycles. The molecule has 28 heavy (non-hydrogen) atoms. The first-order valence-electron chi connectivity index (χ1n) is 10.2. The Bertz CT molecular complexity index is 595. The predicted molar refractivity (Wildman–Crippen MR) is 97.5 cm³/mol. The first-order chi connectivity index (χ1) is 12.9. The topological polar surface area (TPSA) is 49.9 Å². The molecule has 2 aliphatic carbocycles. The number of halogens is 3. The Morgan fingerprint density at radius 2 is 1.64 bits per heavy atom. The van der Waals surface area contributed by atoms with E-state index >= 15 is 0 Å². The van der Waals surface area contributed by atoms with Gasteiger partial charge in [-0.15, -0.1) is 0 Å². The zero-order valence-electron chi connectivity index (χ0n) is 17.0. The molecule has 3 rings (SSSR count). The highest BCUT2D eigenvalue weighted by atomic mass is 19.4. The lowest BCUT2D eigenvalue weighted by Gasteiger charge is -2.55. The first-order valence-corrected chi connectivity index (χ1v) is 10.2. The summed E-state index contributed by atoms with van der Waals surface area (Å²) in [6.07, 6.45) is 0.107. The molecule has 0 bridgehead atoms. The molecule has 1 amide bonds. The number of carbonyl (C=O) groups is 2. The normalized spacial score (nSPS) is 23.4. The monoisotopic (exact) mass is 404 g/mol.